The topological polar surface area (TPSA) is 63.5 Å². The van der Waals surface area contributed by atoms with Crippen LogP contribution in [-0.4, -0.2) is 21.3 Å². The third kappa shape index (κ3) is 3.07. The Labute approximate surface area is 150 Å². The molecule has 0 bridgehead atoms. The van der Waals surface area contributed by atoms with Gasteiger partial charge in [0.25, 0.3) is 11.5 Å². The third-order valence-electron chi connectivity index (χ3n) is 4.29. The second-order valence-corrected chi connectivity index (χ2v) is 6.95. The first kappa shape index (κ1) is 16.0. The first-order valence-electron chi connectivity index (χ1n) is 7.76. The molecule has 7 heteroatoms. The number of aromatic nitrogens is 2. The van der Waals surface area contributed by atoms with E-state index in [0.29, 0.717) is 5.65 Å². The predicted octanol–water partition coefficient (Wildman–Crippen LogP) is 2.88. The smallest absolute Gasteiger partial charge is 0.270 e. The fourth-order valence-corrected chi connectivity index (χ4v) is 3.25. The van der Waals surface area contributed by atoms with Crippen LogP contribution in [-0.2, 0) is 0 Å². The maximum absolute atomic E-state index is 13.3. The van der Waals surface area contributed by atoms with Crippen molar-refractivity contribution in [3.8, 4) is 0 Å². The summed E-state index contributed by atoms with van der Waals surface area (Å²) in [6.45, 7) is 0. The van der Waals surface area contributed by atoms with E-state index >= 15 is 0 Å². The average molecular weight is 402 g/mol. The molecule has 1 saturated carbocycles. The molecule has 0 saturated heterocycles. The summed E-state index contributed by atoms with van der Waals surface area (Å²) < 4.78 is 15.3. The van der Waals surface area contributed by atoms with Crippen molar-refractivity contribution in [3.63, 3.8) is 0 Å². The number of carbonyl (C=O) groups excluding carboxylic acids is 1. The lowest BCUT2D eigenvalue weighted by Crippen LogP contribution is -2.33. The predicted molar refractivity (Wildman–Crippen MR) is 94.2 cm³/mol. The van der Waals surface area contributed by atoms with Gasteiger partial charge in [0.1, 0.15) is 17.0 Å². The van der Waals surface area contributed by atoms with Gasteiger partial charge in [-0.05, 0) is 52.2 Å². The molecule has 1 aliphatic rings. The monoisotopic (exact) mass is 401 g/mol. The summed E-state index contributed by atoms with van der Waals surface area (Å²) in [6, 6.07) is 9.71. The van der Waals surface area contributed by atoms with Crippen LogP contribution in [0, 0.1) is 5.82 Å². The van der Waals surface area contributed by atoms with Gasteiger partial charge in [0.05, 0.1) is 0 Å². The molecule has 0 radical (unpaired) electrons. The highest BCUT2D eigenvalue weighted by atomic mass is 79.9. The molecule has 1 N–H and O–H groups in total. The lowest BCUT2D eigenvalue weighted by molar-refractivity contribution is 0.0948. The molecule has 1 amide bonds. The summed E-state index contributed by atoms with van der Waals surface area (Å²) in [4.78, 5) is 29.1. The number of nitrogens with one attached hydrogen (secondary N) is 1. The van der Waals surface area contributed by atoms with Crippen molar-refractivity contribution in [3.05, 3.63) is 80.6 Å². The standard InChI is InChI=1S/C18H13BrFN3O2/c19-11-4-5-16-21-8-14(18(25)23(16)9-11)17(24)22-15-7-13(15)10-2-1-3-12(20)6-10/h1-6,8-9,13,15H,7H2,(H,22,24)/t13-,15-/m0/s1. The van der Waals surface area contributed by atoms with Crippen molar-refractivity contribution in [2.75, 3.05) is 0 Å². The number of fused-ring (bicyclic) bond motifs is 1. The van der Waals surface area contributed by atoms with Crippen LogP contribution in [0.4, 0.5) is 4.39 Å². The van der Waals surface area contributed by atoms with E-state index in [1.54, 1.807) is 24.4 Å². The minimum atomic E-state index is -0.462. The van der Waals surface area contributed by atoms with Crippen LogP contribution in [0.5, 0.6) is 0 Å². The van der Waals surface area contributed by atoms with Crippen LogP contribution in [0.1, 0.15) is 28.3 Å². The number of rotatable bonds is 3. The second-order valence-electron chi connectivity index (χ2n) is 6.03. The molecule has 1 fully saturated rings. The van der Waals surface area contributed by atoms with Gasteiger partial charge in [-0.3, -0.25) is 14.0 Å². The minimum Gasteiger partial charge on any atom is -0.348 e. The Morgan fingerprint density at radius 3 is 2.96 bits per heavy atom. The Balaban J connectivity index is 1.55. The Bertz CT molecular complexity index is 1050. The highest BCUT2D eigenvalue weighted by Crippen LogP contribution is 2.40. The van der Waals surface area contributed by atoms with Gasteiger partial charge in [-0.1, -0.05) is 12.1 Å². The van der Waals surface area contributed by atoms with Gasteiger partial charge >= 0.3 is 0 Å². The average Bonchev–Trinajstić information content (AvgIpc) is 3.35. The molecule has 0 unspecified atom stereocenters. The summed E-state index contributed by atoms with van der Waals surface area (Å²) in [5.74, 6) is -0.683. The lowest BCUT2D eigenvalue weighted by atomic mass is 10.1. The fraction of sp³-hybridized carbons (Fsp3) is 0.167. The van der Waals surface area contributed by atoms with E-state index in [4.69, 9.17) is 0 Å². The largest absolute Gasteiger partial charge is 0.348 e. The number of halogens is 2. The van der Waals surface area contributed by atoms with Crippen LogP contribution < -0.4 is 10.9 Å². The Morgan fingerprint density at radius 2 is 2.16 bits per heavy atom. The molecule has 0 aliphatic heterocycles. The highest BCUT2D eigenvalue weighted by molar-refractivity contribution is 9.10. The van der Waals surface area contributed by atoms with E-state index in [-0.39, 0.29) is 23.3 Å². The van der Waals surface area contributed by atoms with Crippen LogP contribution >= 0.6 is 15.9 Å². The van der Waals surface area contributed by atoms with Crippen molar-refractivity contribution >= 4 is 27.5 Å². The molecule has 1 aliphatic carbocycles. The van der Waals surface area contributed by atoms with Gasteiger partial charge in [-0.15, -0.1) is 0 Å². The van der Waals surface area contributed by atoms with E-state index in [0.717, 1.165) is 16.5 Å². The van der Waals surface area contributed by atoms with Gasteiger partial charge in [0.15, 0.2) is 0 Å². The molecule has 1 aromatic carbocycles. The van der Waals surface area contributed by atoms with E-state index in [2.05, 4.69) is 26.2 Å². The van der Waals surface area contributed by atoms with Crippen molar-refractivity contribution in [2.24, 2.45) is 0 Å². The maximum atomic E-state index is 13.3. The zero-order valence-electron chi connectivity index (χ0n) is 12.9. The number of amides is 1. The Morgan fingerprint density at radius 1 is 1.32 bits per heavy atom. The van der Waals surface area contributed by atoms with Crippen molar-refractivity contribution < 1.29 is 9.18 Å². The van der Waals surface area contributed by atoms with Crippen molar-refractivity contribution in [2.45, 2.75) is 18.4 Å². The van der Waals surface area contributed by atoms with Gasteiger partial charge < -0.3 is 5.32 Å². The fourth-order valence-electron chi connectivity index (χ4n) is 2.91. The van der Waals surface area contributed by atoms with Gasteiger partial charge in [-0.2, -0.15) is 0 Å². The minimum absolute atomic E-state index is 0.0134. The molecule has 3 aromatic rings. The van der Waals surface area contributed by atoms with E-state index in [9.17, 15) is 14.0 Å². The number of hydrogen-bond donors (Lipinski definition) is 1. The van der Waals surface area contributed by atoms with E-state index < -0.39 is 11.5 Å². The van der Waals surface area contributed by atoms with Gasteiger partial charge in [0, 0.05) is 28.8 Å². The first-order chi connectivity index (χ1) is 12.0. The molecule has 126 valence electrons. The number of carbonyl (C=O) groups is 1. The number of pyridine rings is 1. The first-order valence-corrected chi connectivity index (χ1v) is 8.55. The van der Waals surface area contributed by atoms with E-state index in [1.165, 1.54) is 22.7 Å². The molecular weight excluding hydrogens is 389 g/mol. The third-order valence-corrected chi connectivity index (χ3v) is 4.76. The Hall–Kier alpha value is -2.54. The summed E-state index contributed by atoms with van der Waals surface area (Å²) in [7, 11) is 0. The highest BCUT2D eigenvalue weighted by Gasteiger charge is 2.40. The number of benzene rings is 1. The zero-order chi connectivity index (χ0) is 17.6. The van der Waals surface area contributed by atoms with Crippen LogP contribution in [0.15, 0.2) is 58.1 Å². The van der Waals surface area contributed by atoms with E-state index in [1.807, 2.05) is 6.07 Å². The molecule has 4 rings (SSSR count). The normalized spacial score (nSPS) is 19.0. The van der Waals surface area contributed by atoms with Crippen LogP contribution in [0.25, 0.3) is 5.65 Å². The van der Waals surface area contributed by atoms with Crippen LogP contribution in [0.3, 0.4) is 0 Å². The lowest BCUT2D eigenvalue weighted by Gasteiger charge is -2.06. The summed E-state index contributed by atoms with van der Waals surface area (Å²) >= 11 is 3.30. The van der Waals surface area contributed by atoms with Crippen molar-refractivity contribution in [1.82, 2.24) is 14.7 Å². The summed E-state index contributed by atoms with van der Waals surface area (Å²) in [5, 5.41) is 2.83. The SMILES string of the molecule is O=C(N[C@H]1C[C@H]1c1cccc(F)c1)c1cnc2ccc(Br)cn2c1=O. The quantitative estimate of drug-likeness (QED) is 0.733. The number of nitrogens with zero attached hydrogens (tertiary/aromatic N) is 2. The summed E-state index contributed by atoms with van der Waals surface area (Å²) in [6.07, 6.45) is 3.59. The molecule has 0 spiro atoms. The molecule has 2 aromatic heterocycles. The van der Waals surface area contributed by atoms with Gasteiger partial charge in [0.2, 0.25) is 0 Å². The molecule has 5 nitrogen and oxygen atoms in total. The zero-order valence-corrected chi connectivity index (χ0v) is 14.5. The number of hydrogen-bond acceptors (Lipinski definition) is 3. The van der Waals surface area contributed by atoms with Crippen LogP contribution in [0.2, 0.25) is 0 Å². The second kappa shape index (κ2) is 6.07. The summed E-state index contributed by atoms with van der Waals surface area (Å²) in [5.41, 5.74) is 0.878. The molecule has 2 heterocycles. The molecule has 25 heavy (non-hydrogen) atoms. The molecular formula is C18H13BrFN3O2. The maximum Gasteiger partial charge on any atom is 0.270 e. The molecule has 2 atom stereocenters. The van der Waals surface area contributed by atoms with Crippen molar-refractivity contribution in [1.29, 1.82) is 0 Å². The van der Waals surface area contributed by atoms with Gasteiger partial charge in [-0.25, -0.2) is 9.37 Å². The Kier molecular flexibility index (Phi) is 3.88.